The number of hydrogen-bond donors (Lipinski definition) is 2. The number of piperidine rings is 1. The van der Waals surface area contributed by atoms with E-state index in [2.05, 4.69) is 32.5 Å². The van der Waals surface area contributed by atoms with Crippen molar-refractivity contribution in [2.75, 3.05) is 42.3 Å². The van der Waals surface area contributed by atoms with E-state index in [1.54, 1.807) is 18.2 Å². The minimum atomic E-state index is -0.411. The topological polar surface area (TPSA) is 99.7 Å². The molecule has 6 rings (SSSR count). The summed E-state index contributed by atoms with van der Waals surface area (Å²) in [4.78, 5) is 40.2. The van der Waals surface area contributed by atoms with Gasteiger partial charge in [-0.3, -0.25) is 4.79 Å². The van der Waals surface area contributed by atoms with Gasteiger partial charge in [0.05, 0.1) is 23.4 Å². The van der Waals surface area contributed by atoms with Gasteiger partial charge >= 0.3 is 6.03 Å². The SMILES string of the molecule is Cc1cc(Cl)ccc1N1C(=O)Nc2c(C(=O)Nc3ccc(OCC4CCCN(C)C4)cc3)sc3ncnc1c23. The molecule has 1 saturated heterocycles. The molecule has 200 valence electrons. The van der Waals surface area contributed by atoms with Crippen LogP contribution in [-0.4, -0.2) is 53.6 Å². The maximum absolute atomic E-state index is 13.3. The predicted molar refractivity (Wildman–Crippen MR) is 155 cm³/mol. The fraction of sp³-hybridized carbons (Fsp3) is 0.286. The number of hydrogen-bond acceptors (Lipinski definition) is 7. The lowest BCUT2D eigenvalue weighted by Crippen LogP contribution is -2.35. The number of anilines is 4. The largest absolute Gasteiger partial charge is 0.493 e. The first-order valence-corrected chi connectivity index (χ1v) is 13.9. The number of rotatable bonds is 6. The molecule has 1 unspecified atom stereocenters. The van der Waals surface area contributed by atoms with Gasteiger partial charge in [-0.25, -0.2) is 19.7 Å². The van der Waals surface area contributed by atoms with Crippen LogP contribution in [0.4, 0.5) is 27.7 Å². The van der Waals surface area contributed by atoms with Crippen LogP contribution in [0.25, 0.3) is 10.2 Å². The highest BCUT2D eigenvalue weighted by molar-refractivity contribution is 7.21. The van der Waals surface area contributed by atoms with E-state index in [0.717, 1.165) is 24.4 Å². The Morgan fingerprint density at radius 3 is 2.82 bits per heavy atom. The second kappa shape index (κ2) is 10.4. The summed E-state index contributed by atoms with van der Waals surface area (Å²) in [6.45, 7) is 4.74. The van der Waals surface area contributed by atoms with Gasteiger partial charge in [0.15, 0.2) is 5.82 Å². The lowest BCUT2D eigenvalue weighted by Gasteiger charge is -2.29. The fourth-order valence-corrected chi connectivity index (χ4v) is 6.38. The van der Waals surface area contributed by atoms with Gasteiger partial charge in [-0.15, -0.1) is 11.3 Å². The average molecular weight is 563 g/mol. The Bertz CT molecular complexity index is 1570. The van der Waals surface area contributed by atoms with Gasteiger partial charge in [-0.05, 0) is 81.4 Å². The fourth-order valence-electron chi connectivity index (χ4n) is 5.16. The van der Waals surface area contributed by atoms with Crippen molar-refractivity contribution in [2.24, 2.45) is 5.92 Å². The highest BCUT2D eigenvalue weighted by Gasteiger charge is 2.34. The standard InChI is InChI=1S/C28H27ClN6O3S/c1-16-12-18(29)5-10-21(16)35-25-22-23(33-28(35)37)24(39-27(22)31-15-30-25)26(36)32-19-6-8-20(9-7-19)38-14-17-4-3-11-34(2)13-17/h5-10,12,15,17H,3-4,11,13-14H2,1-2H3,(H,32,36)(H,33,37). The van der Waals surface area contributed by atoms with E-state index in [9.17, 15) is 9.59 Å². The third kappa shape index (κ3) is 5.03. The van der Waals surface area contributed by atoms with Crippen molar-refractivity contribution in [3.05, 3.63) is 64.3 Å². The van der Waals surface area contributed by atoms with Crippen LogP contribution in [0.1, 0.15) is 28.1 Å². The first-order chi connectivity index (χ1) is 18.9. The molecule has 2 aromatic carbocycles. The number of aromatic nitrogens is 2. The van der Waals surface area contributed by atoms with Gasteiger partial charge in [0.2, 0.25) is 0 Å². The molecule has 39 heavy (non-hydrogen) atoms. The summed E-state index contributed by atoms with van der Waals surface area (Å²) in [5.41, 5.74) is 2.51. The number of carbonyl (C=O) groups is 2. The van der Waals surface area contributed by atoms with Crippen LogP contribution < -0.4 is 20.3 Å². The number of benzene rings is 2. The molecular formula is C28H27ClN6O3S. The molecule has 11 heteroatoms. The van der Waals surface area contributed by atoms with Crippen LogP contribution in [0, 0.1) is 12.8 Å². The van der Waals surface area contributed by atoms with Gasteiger partial charge in [0, 0.05) is 23.2 Å². The number of aryl methyl sites for hydroxylation is 1. The Morgan fingerprint density at radius 2 is 2.05 bits per heavy atom. The Balaban J connectivity index is 1.21. The zero-order chi connectivity index (χ0) is 27.1. The van der Waals surface area contributed by atoms with Crippen LogP contribution in [0.5, 0.6) is 5.75 Å². The second-order valence-corrected chi connectivity index (χ2v) is 11.4. The average Bonchev–Trinajstić information content (AvgIpc) is 3.29. The van der Waals surface area contributed by atoms with E-state index in [4.69, 9.17) is 16.3 Å². The molecule has 0 bridgehead atoms. The molecule has 0 spiro atoms. The monoisotopic (exact) mass is 562 g/mol. The molecule has 2 aliphatic heterocycles. The number of nitrogens with one attached hydrogen (secondary N) is 2. The number of thiophene rings is 1. The number of nitrogens with zero attached hydrogens (tertiary/aromatic N) is 4. The van der Waals surface area contributed by atoms with Crippen molar-refractivity contribution in [1.29, 1.82) is 0 Å². The number of ether oxygens (including phenoxy) is 1. The van der Waals surface area contributed by atoms with Gasteiger partial charge in [0.1, 0.15) is 21.8 Å². The molecule has 4 heterocycles. The zero-order valence-electron chi connectivity index (χ0n) is 21.5. The lowest BCUT2D eigenvalue weighted by molar-refractivity contribution is 0.103. The van der Waals surface area contributed by atoms with E-state index >= 15 is 0 Å². The summed E-state index contributed by atoms with van der Waals surface area (Å²) in [6.07, 6.45) is 3.78. The minimum absolute atomic E-state index is 0.339. The maximum Gasteiger partial charge on any atom is 0.332 e. The van der Waals surface area contributed by atoms with Crippen molar-refractivity contribution >= 4 is 68.0 Å². The summed E-state index contributed by atoms with van der Waals surface area (Å²) in [5, 5.41) is 7.02. The molecule has 2 aromatic heterocycles. The molecule has 9 nitrogen and oxygen atoms in total. The molecule has 0 saturated carbocycles. The van der Waals surface area contributed by atoms with Crippen molar-refractivity contribution in [3.8, 4) is 5.75 Å². The van der Waals surface area contributed by atoms with E-state index in [1.165, 1.54) is 35.4 Å². The van der Waals surface area contributed by atoms with Crippen molar-refractivity contribution in [2.45, 2.75) is 19.8 Å². The molecule has 4 aromatic rings. The van der Waals surface area contributed by atoms with Crippen LogP contribution in [0.2, 0.25) is 5.02 Å². The quantitative estimate of drug-likeness (QED) is 0.286. The predicted octanol–water partition coefficient (Wildman–Crippen LogP) is 6.31. The summed E-state index contributed by atoms with van der Waals surface area (Å²) < 4.78 is 6.00. The molecule has 2 N–H and O–H groups in total. The molecule has 1 atom stereocenters. The number of urea groups is 1. The van der Waals surface area contributed by atoms with E-state index < -0.39 is 6.03 Å². The minimum Gasteiger partial charge on any atom is -0.493 e. The second-order valence-electron chi connectivity index (χ2n) is 9.94. The van der Waals surface area contributed by atoms with Crippen LogP contribution in [0.15, 0.2) is 48.8 Å². The zero-order valence-corrected chi connectivity index (χ0v) is 23.1. The van der Waals surface area contributed by atoms with E-state index in [-0.39, 0.29) is 5.91 Å². The van der Waals surface area contributed by atoms with Crippen LogP contribution in [0.3, 0.4) is 0 Å². The normalized spacial score (nSPS) is 17.3. The summed E-state index contributed by atoms with van der Waals surface area (Å²) >= 11 is 7.33. The van der Waals surface area contributed by atoms with E-state index in [0.29, 0.717) is 55.5 Å². The molecule has 0 radical (unpaired) electrons. The van der Waals surface area contributed by atoms with Crippen molar-refractivity contribution in [1.82, 2.24) is 14.9 Å². The number of likely N-dealkylation sites (tertiary alicyclic amines) is 1. The highest BCUT2D eigenvalue weighted by Crippen LogP contribution is 2.45. The summed E-state index contributed by atoms with van der Waals surface area (Å²) in [7, 11) is 2.14. The molecule has 0 aliphatic carbocycles. The molecule has 1 fully saturated rings. The van der Waals surface area contributed by atoms with Crippen molar-refractivity contribution < 1.29 is 14.3 Å². The maximum atomic E-state index is 13.3. The van der Waals surface area contributed by atoms with Gasteiger partial charge in [0.25, 0.3) is 5.91 Å². The van der Waals surface area contributed by atoms with Gasteiger partial charge < -0.3 is 20.3 Å². The Kier molecular flexibility index (Phi) is 6.84. The Labute approximate surface area is 234 Å². The lowest BCUT2D eigenvalue weighted by atomic mass is 10.00. The van der Waals surface area contributed by atoms with Gasteiger partial charge in [-0.1, -0.05) is 11.6 Å². The summed E-state index contributed by atoms with van der Waals surface area (Å²) in [6, 6.07) is 12.2. The number of carbonyl (C=O) groups excluding carboxylic acids is 2. The van der Waals surface area contributed by atoms with Crippen LogP contribution >= 0.6 is 22.9 Å². The first kappa shape index (κ1) is 25.5. The smallest absolute Gasteiger partial charge is 0.332 e. The van der Waals surface area contributed by atoms with Gasteiger partial charge in [-0.2, -0.15) is 0 Å². The third-order valence-corrected chi connectivity index (χ3v) is 8.37. The Hall–Kier alpha value is -3.73. The Morgan fingerprint density at radius 1 is 1.23 bits per heavy atom. The molecular weight excluding hydrogens is 536 g/mol. The highest BCUT2D eigenvalue weighted by atomic mass is 35.5. The van der Waals surface area contributed by atoms with Crippen LogP contribution in [-0.2, 0) is 0 Å². The van der Waals surface area contributed by atoms with Crippen molar-refractivity contribution in [3.63, 3.8) is 0 Å². The number of amides is 3. The van der Waals surface area contributed by atoms with E-state index in [1.807, 2.05) is 31.2 Å². The third-order valence-electron chi connectivity index (χ3n) is 7.04. The summed E-state index contributed by atoms with van der Waals surface area (Å²) in [5.74, 6) is 1.37. The molecule has 2 aliphatic rings. The molecule has 3 amide bonds. The first-order valence-electron chi connectivity index (χ1n) is 12.7. The number of halogens is 1.